The molecule has 0 saturated carbocycles. The third-order valence-electron chi connectivity index (χ3n) is 5.60. The van der Waals surface area contributed by atoms with Crippen LogP contribution in [0.2, 0.25) is 5.15 Å². The maximum atomic E-state index is 12.1. The number of aliphatic carboxylic acids is 1. The van der Waals surface area contributed by atoms with Crippen LogP contribution in [0.5, 0.6) is 0 Å². The van der Waals surface area contributed by atoms with Crippen LogP contribution in [0.15, 0.2) is 30.3 Å². The molecular formula is C20H26ClN3O3. The summed E-state index contributed by atoms with van der Waals surface area (Å²) in [4.78, 5) is 14.2. The summed E-state index contributed by atoms with van der Waals surface area (Å²) in [5, 5.41) is 25.8. The Labute approximate surface area is 164 Å². The number of halogens is 1. The highest BCUT2D eigenvalue weighted by molar-refractivity contribution is 6.30. The number of hydrogen-bond donors (Lipinski definition) is 2. The van der Waals surface area contributed by atoms with Gasteiger partial charge < -0.3 is 10.2 Å². The molecule has 1 aliphatic heterocycles. The molecule has 7 heteroatoms. The van der Waals surface area contributed by atoms with Gasteiger partial charge in [-0.3, -0.25) is 14.4 Å². The van der Waals surface area contributed by atoms with E-state index in [9.17, 15) is 15.0 Å². The molecule has 2 atom stereocenters. The van der Waals surface area contributed by atoms with Gasteiger partial charge in [-0.25, -0.2) is 0 Å². The number of hydrogen-bond acceptors (Lipinski definition) is 4. The van der Waals surface area contributed by atoms with Crippen LogP contribution >= 0.6 is 11.6 Å². The van der Waals surface area contributed by atoms with Crippen molar-refractivity contribution in [2.75, 3.05) is 13.1 Å². The Bertz CT molecular complexity index is 808. The lowest BCUT2D eigenvalue weighted by atomic mass is 9.71. The standard InChI is InChI=1S/C20H26ClN3O3/c1-3-16-15(18(21)23(2)22-16)12-24-10-9-20(19(26)27,17(25)13-24)11-14-7-5-4-6-8-14/h4-8,17,25H,3,9-13H2,1-2H3,(H,26,27)/t17-,20+/m0/s1. The lowest BCUT2D eigenvalue weighted by molar-refractivity contribution is -0.163. The lowest BCUT2D eigenvalue weighted by Crippen LogP contribution is -2.55. The van der Waals surface area contributed by atoms with E-state index in [1.807, 2.05) is 44.3 Å². The van der Waals surface area contributed by atoms with Crippen molar-refractivity contribution in [3.8, 4) is 0 Å². The Balaban J connectivity index is 1.77. The van der Waals surface area contributed by atoms with Crippen LogP contribution in [0, 0.1) is 5.41 Å². The van der Waals surface area contributed by atoms with Crippen molar-refractivity contribution in [1.82, 2.24) is 14.7 Å². The normalized spacial score (nSPS) is 23.5. The van der Waals surface area contributed by atoms with E-state index in [0.29, 0.717) is 37.6 Å². The van der Waals surface area contributed by atoms with Gasteiger partial charge in [-0.1, -0.05) is 48.9 Å². The number of β-amino-alcohol motifs (C(OH)–C–C–N with tert-alkyl or cyclic N) is 1. The molecule has 1 saturated heterocycles. The van der Waals surface area contributed by atoms with E-state index >= 15 is 0 Å². The fourth-order valence-corrected chi connectivity index (χ4v) is 4.14. The zero-order valence-corrected chi connectivity index (χ0v) is 16.5. The number of carboxylic acids is 1. The van der Waals surface area contributed by atoms with E-state index in [4.69, 9.17) is 11.6 Å². The van der Waals surface area contributed by atoms with Crippen LogP contribution in [0.1, 0.15) is 30.2 Å². The smallest absolute Gasteiger partial charge is 0.312 e. The van der Waals surface area contributed by atoms with Gasteiger partial charge in [-0.05, 0) is 31.4 Å². The number of nitrogens with zero attached hydrogens (tertiary/aromatic N) is 3. The highest BCUT2D eigenvalue weighted by Crippen LogP contribution is 2.37. The minimum Gasteiger partial charge on any atom is -0.481 e. The van der Waals surface area contributed by atoms with Crippen molar-refractivity contribution in [2.45, 2.75) is 38.8 Å². The van der Waals surface area contributed by atoms with Gasteiger partial charge in [0, 0.05) is 25.7 Å². The van der Waals surface area contributed by atoms with Gasteiger partial charge in [0.05, 0.1) is 11.8 Å². The van der Waals surface area contributed by atoms with Gasteiger partial charge in [0.1, 0.15) is 10.6 Å². The summed E-state index contributed by atoms with van der Waals surface area (Å²) in [6, 6.07) is 9.50. The highest BCUT2D eigenvalue weighted by Gasteiger charge is 2.48. The molecule has 6 nitrogen and oxygen atoms in total. The molecule has 146 valence electrons. The first-order chi connectivity index (χ1) is 12.9. The molecule has 0 unspecified atom stereocenters. The molecule has 0 spiro atoms. The first-order valence-corrected chi connectivity index (χ1v) is 9.63. The second kappa shape index (κ2) is 8.00. The predicted octanol–water partition coefficient (Wildman–Crippen LogP) is 2.52. The Morgan fingerprint density at radius 3 is 2.67 bits per heavy atom. The molecule has 2 aromatic rings. The molecule has 1 aliphatic rings. The molecule has 1 fully saturated rings. The number of aromatic nitrogens is 2. The second-order valence-corrected chi connectivity index (χ2v) is 7.68. The predicted molar refractivity (Wildman–Crippen MR) is 104 cm³/mol. The number of benzene rings is 1. The zero-order chi connectivity index (χ0) is 19.6. The Kier molecular flexibility index (Phi) is 5.89. The quantitative estimate of drug-likeness (QED) is 0.791. The van der Waals surface area contributed by atoms with Crippen molar-refractivity contribution in [3.63, 3.8) is 0 Å². The summed E-state index contributed by atoms with van der Waals surface area (Å²) >= 11 is 6.38. The molecule has 1 aromatic heterocycles. The molecule has 2 N–H and O–H groups in total. The zero-order valence-electron chi connectivity index (χ0n) is 15.7. The van der Waals surface area contributed by atoms with E-state index in [-0.39, 0.29) is 0 Å². The van der Waals surface area contributed by atoms with Crippen LogP contribution in [0.25, 0.3) is 0 Å². The highest BCUT2D eigenvalue weighted by atomic mass is 35.5. The lowest BCUT2D eigenvalue weighted by Gasteiger charge is -2.43. The van der Waals surface area contributed by atoms with Gasteiger partial charge in [0.25, 0.3) is 0 Å². The van der Waals surface area contributed by atoms with E-state index in [2.05, 4.69) is 10.00 Å². The summed E-state index contributed by atoms with van der Waals surface area (Å²) in [5.41, 5.74) is 1.66. The number of aryl methyl sites for hydroxylation is 2. The van der Waals surface area contributed by atoms with Gasteiger partial charge in [-0.2, -0.15) is 5.10 Å². The molecule has 0 bridgehead atoms. The summed E-state index contributed by atoms with van der Waals surface area (Å²) in [5.74, 6) is -0.938. The summed E-state index contributed by atoms with van der Waals surface area (Å²) in [6.07, 6.45) is 0.535. The Morgan fingerprint density at radius 1 is 1.37 bits per heavy atom. The number of likely N-dealkylation sites (tertiary alicyclic amines) is 1. The van der Waals surface area contributed by atoms with Crippen LogP contribution in [0.4, 0.5) is 0 Å². The van der Waals surface area contributed by atoms with E-state index < -0.39 is 17.5 Å². The first-order valence-electron chi connectivity index (χ1n) is 9.25. The number of piperidine rings is 1. The number of carboxylic acid groups (broad SMARTS) is 1. The molecule has 0 radical (unpaired) electrons. The second-order valence-electron chi connectivity index (χ2n) is 7.32. The number of aliphatic hydroxyl groups is 1. The van der Waals surface area contributed by atoms with Crippen molar-refractivity contribution in [1.29, 1.82) is 0 Å². The average Bonchev–Trinajstić information content (AvgIpc) is 2.92. The van der Waals surface area contributed by atoms with Gasteiger partial charge in [-0.15, -0.1) is 0 Å². The van der Waals surface area contributed by atoms with Crippen LogP contribution in [0.3, 0.4) is 0 Å². The van der Waals surface area contributed by atoms with Crippen molar-refractivity contribution in [2.24, 2.45) is 12.5 Å². The number of rotatable bonds is 6. The molecule has 0 aliphatic carbocycles. The van der Waals surface area contributed by atoms with Crippen LogP contribution in [-0.4, -0.2) is 50.1 Å². The molecule has 3 rings (SSSR count). The van der Waals surface area contributed by atoms with Crippen LogP contribution in [-0.2, 0) is 31.2 Å². The fraction of sp³-hybridized carbons (Fsp3) is 0.500. The fourth-order valence-electron chi connectivity index (χ4n) is 3.93. The average molecular weight is 392 g/mol. The minimum atomic E-state index is -1.16. The molecular weight excluding hydrogens is 366 g/mol. The van der Waals surface area contributed by atoms with Crippen molar-refractivity contribution < 1.29 is 15.0 Å². The molecule has 27 heavy (non-hydrogen) atoms. The van der Waals surface area contributed by atoms with Crippen molar-refractivity contribution >= 4 is 17.6 Å². The SMILES string of the molecule is CCc1nn(C)c(Cl)c1CN1CC[C@](Cc2ccccc2)(C(=O)O)[C@@H](O)C1. The van der Waals surface area contributed by atoms with E-state index in [1.54, 1.807) is 4.68 Å². The van der Waals surface area contributed by atoms with Crippen molar-refractivity contribution in [3.05, 3.63) is 52.3 Å². The van der Waals surface area contributed by atoms with E-state index in [0.717, 1.165) is 23.2 Å². The van der Waals surface area contributed by atoms with Gasteiger partial charge in [0.15, 0.2) is 0 Å². The molecule has 2 heterocycles. The van der Waals surface area contributed by atoms with Gasteiger partial charge >= 0.3 is 5.97 Å². The topological polar surface area (TPSA) is 78.6 Å². The summed E-state index contributed by atoms with van der Waals surface area (Å²) < 4.78 is 1.66. The molecule has 1 aromatic carbocycles. The third kappa shape index (κ3) is 3.88. The number of aliphatic hydroxyl groups excluding tert-OH is 1. The first kappa shape index (κ1) is 19.9. The van der Waals surface area contributed by atoms with Crippen LogP contribution < -0.4 is 0 Å². The summed E-state index contributed by atoms with van der Waals surface area (Å²) in [6.45, 7) is 3.48. The Hall–Kier alpha value is -1.89. The maximum Gasteiger partial charge on any atom is 0.312 e. The van der Waals surface area contributed by atoms with E-state index in [1.165, 1.54) is 0 Å². The monoisotopic (exact) mass is 391 g/mol. The minimum absolute atomic E-state index is 0.299. The third-order valence-corrected chi connectivity index (χ3v) is 6.07. The number of carbonyl (C=O) groups is 1. The largest absolute Gasteiger partial charge is 0.481 e. The van der Waals surface area contributed by atoms with Gasteiger partial charge in [0.2, 0.25) is 0 Å². The summed E-state index contributed by atoms with van der Waals surface area (Å²) in [7, 11) is 1.81. The Morgan fingerprint density at radius 2 is 2.07 bits per heavy atom. The maximum absolute atomic E-state index is 12.1. The molecule has 0 amide bonds.